The molecule has 0 fully saturated rings. The Labute approximate surface area is 468 Å². The van der Waals surface area contributed by atoms with Crippen molar-refractivity contribution in [3.8, 4) is 39.1 Å². The molecule has 0 unspecified atom stereocenters. The fourth-order valence-electron chi connectivity index (χ4n) is 13.1. The average molecular weight is 1200 g/mol. The van der Waals surface area contributed by atoms with Gasteiger partial charge in [-0.25, -0.2) is 0 Å². The Bertz CT molecular complexity index is 4330. The molecule has 1 aromatic heterocycles. The SMILES string of the molecule is CC1(C)c2cc(Br)ccc2-c2ccc(-n3c4ccc5ccccc5c4c4c5ccccc5ccc43)cc21.CC1(C)c2cc(Br)ccc2-c2ccc(I)cc21.c1ccc2c3c(ccc2c1)Cc1ccc2ccccc2c1-3. The topological polar surface area (TPSA) is 4.93 Å². The molecule has 0 spiro atoms. The van der Waals surface area contributed by atoms with Gasteiger partial charge in [0.25, 0.3) is 0 Å². The molecule has 1 heterocycles. The van der Waals surface area contributed by atoms with Crippen LogP contribution in [0.2, 0.25) is 0 Å². The second kappa shape index (κ2) is 17.6. The van der Waals surface area contributed by atoms with E-state index in [2.05, 4.69) is 305 Å². The number of fused-ring (bicyclic) bond motifs is 20. The second-order valence-electron chi connectivity index (χ2n) is 21.6. The molecular formula is C71H50Br2IN. The summed E-state index contributed by atoms with van der Waals surface area (Å²) in [4.78, 5) is 0. The maximum Gasteiger partial charge on any atom is 0.0547 e. The van der Waals surface area contributed by atoms with E-state index in [-0.39, 0.29) is 10.8 Å². The quantitative estimate of drug-likeness (QED) is 0.144. The van der Waals surface area contributed by atoms with Gasteiger partial charge in [-0.15, -0.1) is 0 Å². The highest BCUT2D eigenvalue weighted by molar-refractivity contribution is 14.1. The van der Waals surface area contributed by atoms with Gasteiger partial charge in [0.2, 0.25) is 0 Å². The van der Waals surface area contributed by atoms with Crippen molar-refractivity contribution < 1.29 is 0 Å². The first-order chi connectivity index (χ1) is 36.4. The van der Waals surface area contributed by atoms with Crippen LogP contribution in [0.5, 0.6) is 0 Å². The third-order valence-electron chi connectivity index (χ3n) is 16.7. The van der Waals surface area contributed by atoms with Gasteiger partial charge >= 0.3 is 0 Å². The lowest BCUT2D eigenvalue weighted by Crippen LogP contribution is -2.15. The summed E-state index contributed by atoms with van der Waals surface area (Å²) in [5.41, 5.74) is 20.6. The smallest absolute Gasteiger partial charge is 0.0547 e. The number of hydrogen-bond acceptors (Lipinski definition) is 0. The highest BCUT2D eigenvalue weighted by atomic mass is 127. The summed E-state index contributed by atoms with van der Waals surface area (Å²) in [6, 6.07) is 80.3. The molecule has 0 N–H and O–H groups in total. The molecule has 4 heteroatoms. The third kappa shape index (κ3) is 7.34. The first kappa shape index (κ1) is 46.7. The van der Waals surface area contributed by atoms with Crippen LogP contribution in [0, 0.1) is 3.57 Å². The van der Waals surface area contributed by atoms with Gasteiger partial charge in [0.1, 0.15) is 0 Å². The van der Waals surface area contributed by atoms with Gasteiger partial charge in [0.05, 0.1) is 11.0 Å². The lowest BCUT2D eigenvalue weighted by atomic mass is 9.82. The van der Waals surface area contributed by atoms with Crippen molar-refractivity contribution in [1.82, 2.24) is 4.57 Å². The summed E-state index contributed by atoms with van der Waals surface area (Å²) in [6.07, 6.45) is 1.06. The van der Waals surface area contributed by atoms with E-state index in [0.717, 1.165) is 15.4 Å². The maximum absolute atomic E-state index is 3.70. The van der Waals surface area contributed by atoms with Gasteiger partial charge in [0, 0.05) is 39.8 Å². The Morgan fingerprint density at radius 1 is 0.373 bits per heavy atom. The molecule has 16 rings (SSSR count). The normalized spacial score (nSPS) is 14.0. The summed E-state index contributed by atoms with van der Waals surface area (Å²) in [5, 5.41) is 13.2. The van der Waals surface area contributed by atoms with Crippen LogP contribution in [-0.2, 0) is 17.3 Å². The zero-order valence-electron chi connectivity index (χ0n) is 42.1. The minimum Gasteiger partial charge on any atom is -0.309 e. The summed E-state index contributed by atoms with van der Waals surface area (Å²) in [5.74, 6) is 0. The molecule has 0 atom stereocenters. The number of hydrogen-bond donors (Lipinski definition) is 0. The van der Waals surface area contributed by atoms with Crippen molar-refractivity contribution >= 4 is 119 Å². The van der Waals surface area contributed by atoms with Gasteiger partial charge in [-0.05, 0) is 200 Å². The molecule has 0 radical (unpaired) electrons. The van der Waals surface area contributed by atoms with Gasteiger partial charge in [-0.3, -0.25) is 0 Å². The van der Waals surface area contributed by atoms with Crippen LogP contribution in [0.3, 0.4) is 0 Å². The van der Waals surface area contributed by atoms with Crippen molar-refractivity contribution in [3.05, 3.63) is 264 Å². The first-order valence-electron chi connectivity index (χ1n) is 25.8. The van der Waals surface area contributed by atoms with Crippen LogP contribution in [-0.4, -0.2) is 4.57 Å². The lowest BCUT2D eigenvalue weighted by Gasteiger charge is -2.22. The lowest BCUT2D eigenvalue weighted by molar-refractivity contribution is 0.659. The summed E-state index contributed by atoms with van der Waals surface area (Å²) in [7, 11) is 0. The second-order valence-corrected chi connectivity index (χ2v) is 24.6. The Balaban J connectivity index is 0.000000114. The standard InChI is InChI=1S/C35H24BrN.C21H14.C15H12BrI/c1-35(2)29-19-23(36)13-15-27(29)28-16-14-24(20-30(28)35)37-31-17-11-21-7-3-5-9-25(21)33(31)34-26-10-6-4-8-22(26)12-18-32(34)37;1-3-7-18-14(5-1)9-11-16-13-17-12-10-15-6-2-4-8-19(15)21(17)20(16)18;1-15(2)13-7-9(16)3-5-11(13)12-6-4-10(17)8-14(12)15/h3-20H,1-2H3;1-12H,13H2;3-8H,1-2H3. The monoisotopic (exact) mass is 1200 g/mol. The molecule has 13 aromatic rings. The van der Waals surface area contributed by atoms with Crippen LogP contribution in [0.1, 0.15) is 61.1 Å². The number of benzene rings is 12. The summed E-state index contributed by atoms with van der Waals surface area (Å²) >= 11 is 9.66. The number of nitrogens with zero attached hydrogens (tertiary/aromatic N) is 1. The zero-order valence-corrected chi connectivity index (χ0v) is 47.4. The minimum absolute atomic E-state index is 0.0669. The molecule has 12 aromatic carbocycles. The predicted molar refractivity (Wildman–Crippen MR) is 335 cm³/mol. The van der Waals surface area contributed by atoms with Crippen molar-refractivity contribution in [2.75, 3.05) is 0 Å². The highest BCUT2D eigenvalue weighted by Crippen LogP contribution is 2.52. The first-order valence-corrected chi connectivity index (χ1v) is 28.5. The molecule has 1 nitrogen and oxygen atoms in total. The maximum atomic E-state index is 3.70. The van der Waals surface area contributed by atoms with Gasteiger partial charge in [-0.1, -0.05) is 217 Å². The number of halogens is 3. The molecule has 3 aliphatic rings. The van der Waals surface area contributed by atoms with Gasteiger partial charge < -0.3 is 4.57 Å². The average Bonchev–Trinajstić information content (AvgIpc) is 4.17. The predicted octanol–water partition coefficient (Wildman–Crippen LogP) is 21.1. The van der Waals surface area contributed by atoms with E-state index in [1.165, 1.54) is 141 Å². The molecule has 0 bridgehead atoms. The van der Waals surface area contributed by atoms with Crippen molar-refractivity contribution in [2.24, 2.45) is 0 Å². The molecule has 0 saturated heterocycles. The largest absolute Gasteiger partial charge is 0.309 e. The molecule has 0 saturated carbocycles. The van der Waals surface area contributed by atoms with Crippen LogP contribution in [0.15, 0.2) is 227 Å². The van der Waals surface area contributed by atoms with Crippen LogP contribution < -0.4 is 0 Å². The van der Waals surface area contributed by atoms with E-state index in [1.54, 1.807) is 0 Å². The Kier molecular flexibility index (Phi) is 11.0. The Morgan fingerprint density at radius 3 is 1.23 bits per heavy atom. The van der Waals surface area contributed by atoms with Crippen LogP contribution >= 0.6 is 54.5 Å². The summed E-state index contributed by atoms with van der Waals surface area (Å²) in [6.45, 7) is 9.31. The summed E-state index contributed by atoms with van der Waals surface area (Å²) < 4.78 is 6.07. The van der Waals surface area contributed by atoms with E-state index >= 15 is 0 Å². The third-order valence-corrected chi connectivity index (χ3v) is 18.3. The minimum atomic E-state index is -0.0669. The fourth-order valence-corrected chi connectivity index (χ4v) is 14.3. The van der Waals surface area contributed by atoms with Crippen LogP contribution in [0.25, 0.3) is 104 Å². The van der Waals surface area contributed by atoms with Crippen molar-refractivity contribution in [2.45, 2.75) is 44.9 Å². The Hall–Kier alpha value is -6.83. The Morgan fingerprint density at radius 2 is 0.747 bits per heavy atom. The van der Waals surface area contributed by atoms with E-state index in [4.69, 9.17) is 0 Å². The van der Waals surface area contributed by atoms with Gasteiger partial charge in [-0.2, -0.15) is 0 Å². The van der Waals surface area contributed by atoms with E-state index in [1.807, 2.05) is 0 Å². The number of aromatic nitrogens is 1. The fraction of sp³-hybridized carbons (Fsp3) is 0.0986. The molecule has 75 heavy (non-hydrogen) atoms. The molecule has 3 aliphatic carbocycles. The van der Waals surface area contributed by atoms with E-state index in [9.17, 15) is 0 Å². The van der Waals surface area contributed by atoms with E-state index < -0.39 is 0 Å². The molecular weight excluding hydrogens is 1150 g/mol. The van der Waals surface area contributed by atoms with Crippen molar-refractivity contribution in [3.63, 3.8) is 0 Å². The molecule has 0 amide bonds. The molecule has 0 aliphatic heterocycles. The molecule has 360 valence electrons. The van der Waals surface area contributed by atoms with Crippen LogP contribution in [0.4, 0.5) is 0 Å². The van der Waals surface area contributed by atoms with Crippen molar-refractivity contribution in [1.29, 1.82) is 0 Å². The number of rotatable bonds is 1. The van der Waals surface area contributed by atoms with Gasteiger partial charge in [0.15, 0.2) is 0 Å². The zero-order chi connectivity index (χ0) is 50.9. The highest BCUT2D eigenvalue weighted by Gasteiger charge is 2.37. The van der Waals surface area contributed by atoms with E-state index in [0.29, 0.717) is 0 Å².